The Labute approximate surface area is 176 Å². The highest BCUT2D eigenvalue weighted by Gasteiger charge is 2.29. The normalized spacial score (nSPS) is 19.0. The van der Waals surface area contributed by atoms with Crippen LogP contribution in [-0.4, -0.2) is 36.6 Å². The van der Waals surface area contributed by atoms with Crippen molar-refractivity contribution < 1.29 is 19.2 Å². The van der Waals surface area contributed by atoms with E-state index in [0.29, 0.717) is 11.7 Å². The summed E-state index contributed by atoms with van der Waals surface area (Å²) in [6.45, 7) is 10.6. The summed E-state index contributed by atoms with van der Waals surface area (Å²) in [7, 11) is 0. The fourth-order valence-corrected chi connectivity index (χ4v) is 4.85. The van der Waals surface area contributed by atoms with Crippen LogP contribution in [0.1, 0.15) is 43.5 Å². The molecule has 1 N–H and O–H groups in total. The maximum atomic E-state index is 12.4. The monoisotopic (exact) mass is 416 g/mol. The second kappa shape index (κ2) is 9.50. The van der Waals surface area contributed by atoms with Gasteiger partial charge in [-0.15, -0.1) is 11.3 Å². The van der Waals surface area contributed by atoms with Crippen LogP contribution < -0.4 is 9.80 Å². The summed E-state index contributed by atoms with van der Waals surface area (Å²) in [5, 5.41) is 2.76. The number of amides is 1. The molecule has 0 radical (unpaired) electrons. The molecule has 0 spiro atoms. The lowest BCUT2D eigenvalue weighted by Crippen LogP contribution is -3.11. The van der Waals surface area contributed by atoms with Gasteiger partial charge in [0.1, 0.15) is 12.2 Å². The number of nitrogens with zero attached hydrogens (tertiary/aromatic N) is 2. The summed E-state index contributed by atoms with van der Waals surface area (Å²) in [5.74, 6) is -0.0685. The third-order valence-electron chi connectivity index (χ3n) is 5.45. The smallest absolute Gasteiger partial charge is 0.309 e. The number of nitrogens with one attached hydrogen (secondary N) is 1. The fourth-order valence-electron chi connectivity index (χ4n) is 3.98. The number of carbonyl (C=O) groups excluding carboxylic acids is 2. The van der Waals surface area contributed by atoms with Crippen LogP contribution in [0.3, 0.4) is 0 Å². The number of anilines is 2. The number of rotatable bonds is 6. The Bertz CT molecular complexity index is 852. The first-order chi connectivity index (χ1) is 13.9. The van der Waals surface area contributed by atoms with E-state index in [1.165, 1.54) is 16.2 Å². The summed E-state index contributed by atoms with van der Waals surface area (Å²) in [6.07, 6.45) is 1.71. The number of aromatic nitrogens is 1. The van der Waals surface area contributed by atoms with E-state index in [4.69, 9.17) is 9.72 Å². The van der Waals surface area contributed by atoms with Crippen molar-refractivity contribution in [2.45, 2.75) is 47.1 Å². The molecule has 1 aromatic carbocycles. The first-order valence-corrected chi connectivity index (χ1v) is 11.1. The van der Waals surface area contributed by atoms with Crippen molar-refractivity contribution in [3.8, 4) is 0 Å². The Hall–Kier alpha value is -2.25. The van der Waals surface area contributed by atoms with Crippen molar-refractivity contribution in [3.63, 3.8) is 0 Å². The fraction of sp³-hybridized carbons (Fsp3) is 0.500. The molecule has 7 heteroatoms. The molecule has 156 valence electrons. The van der Waals surface area contributed by atoms with Crippen LogP contribution in [0.15, 0.2) is 23.6 Å². The van der Waals surface area contributed by atoms with Crippen LogP contribution in [0.5, 0.6) is 0 Å². The minimum atomic E-state index is -0.0619. The number of carbonyl (C=O) groups is 2. The average molecular weight is 417 g/mol. The Morgan fingerprint density at radius 3 is 2.48 bits per heavy atom. The molecule has 2 heterocycles. The number of hydrogen-bond acceptors (Lipinski definition) is 5. The molecule has 1 aliphatic heterocycles. The van der Waals surface area contributed by atoms with Gasteiger partial charge in [-0.05, 0) is 31.9 Å². The number of aryl methyl sites for hydroxylation is 2. The zero-order valence-electron chi connectivity index (χ0n) is 17.7. The maximum absolute atomic E-state index is 12.4. The SMILES string of the molecule is CCOC(=O)C1CC[NH+](Cc2csc(N(C(C)=O)c3c(C)cccc3C)n2)CC1. The van der Waals surface area contributed by atoms with E-state index < -0.39 is 0 Å². The Morgan fingerprint density at radius 2 is 1.90 bits per heavy atom. The maximum Gasteiger partial charge on any atom is 0.309 e. The number of piperidine rings is 1. The molecule has 0 atom stereocenters. The largest absolute Gasteiger partial charge is 0.466 e. The van der Waals surface area contributed by atoms with Crippen molar-refractivity contribution in [3.05, 3.63) is 40.4 Å². The van der Waals surface area contributed by atoms with Gasteiger partial charge >= 0.3 is 5.97 Å². The van der Waals surface area contributed by atoms with Crippen molar-refractivity contribution in [2.75, 3.05) is 24.6 Å². The molecule has 1 amide bonds. The van der Waals surface area contributed by atoms with Crippen molar-refractivity contribution in [1.29, 1.82) is 0 Å². The lowest BCUT2D eigenvalue weighted by Gasteiger charge is -2.27. The van der Waals surface area contributed by atoms with Gasteiger partial charge < -0.3 is 9.64 Å². The van der Waals surface area contributed by atoms with Gasteiger partial charge in [-0.25, -0.2) is 4.98 Å². The van der Waals surface area contributed by atoms with Gasteiger partial charge in [0.05, 0.1) is 31.3 Å². The van der Waals surface area contributed by atoms with Gasteiger partial charge in [-0.2, -0.15) is 0 Å². The molecular weight excluding hydrogens is 386 g/mol. The molecule has 0 bridgehead atoms. The molecule has 6 nitrogen and oxygen atoms in total. The number of esters is 1. The lowest BCUT2D eigenvalue weighted by molar-refractivity contribution is -0.919. The van der Waals surface area contributed by atoms with E-state index in [1.54, 1.807) is 11.8 Å². The molecule has 1 aromatic heterocycles. The molecule has 1 saturated heterocycles. The van der Waals surface area contributed by atoms with Gasteiger partial charge in [-0.3, -0.25) is 14.5 Å². The molecule has 0 unspecified atom stereocenters. The highest BCUT2D eigenvalue weighted by atomic mass is 32.1. The highest BCUT2D eigenvalue weighted by molar-refractivity contribution is 7.14. The summed E-state index contributed by atoms with van der Waals surface area (Å²) < 4.78 is 5.15. The second-order valence-corrected chi connectivity index (χ2v) is 8.51. The predicted molar refractivity (Wildman–Crippen MR) is 115 cm³/mol. The second-order valence-electron chi connectivity index (χ2n) is 7.67. The number of hydrogen-bond donors (Lipinski definition) is 1. The van der Waals surface area contributed by atoms with Gasteiger partial charge in [0.2, 0.25) is 5.91 Å². The van der Waals surface area contributed by atoms with E-state index in [0.717, 1.165) is 55.0 Å². The van der Waals surface area contributed by atoms with E-state index in [-0.39, 0.29) is 17.8 Å². The number of thiazole rings is 1. The summed E-state index contributed by atoms with van der Waals surface area (Å²) in [6, 6.07) is 6.04. The number of quaternary nitrogens is 1. The number of benzene rings is 1. The van der Waals surface area contributed by atoms with Crippen molar-refractivity contribution >= 4 is 34.0 Å². The van der Waals surface area contributed by atoms with E-state index in [2.05, 4.69) is 0 Å². The molecular formula is C22H30N3O3S+. The zero-order valence-corrected chi connectivity index (χ0v) is 18.5. The van der Waals surface area contributed by atoms with Crippen LogP contribution in [0.25, 0.3) is 0 Å². The van der Waals surface area contributed by atoms with Gasteiger partial charge in [0, 0.05) is 25.1 Å². The summed E-state index contributed by atoms with van der Waals surface area (Å²) in [4.78, 5) is 32.3. The standard InChI is InChI=1S/C22H29N3O3S/c1-5-28-21(27)18-9-11-24(12-10-18)13-19-14-29-22(23-19)25(17(4)26)20-15(2)7-6-8-16(20)3/h6-8,14,18H,5,9-13H2,1-4H3/p+1. The van der Waals surface area contributed by atoms with Crippen LogP contribution in [0.4, 0.5) is 10.8 Å². The number of ether oxygens (including phenoxy) is 1. The Morgan fingerprint density at radius 1 is 1.24 bits per heavy atom. The van der Waals surface area contributed by atoms with E-state index >= 15 is 0 Å². The minimum absolute atomic E-state index is 0.0296. The minimum Gasteiger partial charge on any atom is -0.466 e. The van der Waals surface area contributed by atoms with Gasteiger partial charge in [0.25, 0.3) is 0 Å². The molecule has 1 fully saturated rings. The molecule has 0 aliphatic carbocycles. The van der Waals surface area contributed by atoms with Crippen molar-refractivity contribution in [1.82, 2.24) is 4.98 Å². The molecule has 0 saturated carbocycles. The molecule has 2 aromatic rings. The third-order valence-corrected chi connectivity index (χ3v) is 6.33. The predicted octanol–water partition coefficient (Wildman–Crippen LogP) is 2.80. The quantitative estimate of drug-likeness (QED) is 0.736. The zero-order chi connectivity index (χ0) is 21.0. The highest BCUT2D eigenvalue weighted by Crippen LogP contribution is 2.33. The molecule has 29 heavy (non-hydrogen) atoms. The lowest BCUT2D eigenvalue weighted by atomic mass is 9.97. The van der Waals surface area contributed by atoms with Gasteiger partial charge in [-0.1, -0.05) is 18.2 Å². The molecule has 1 aliphatic rings. The topological polar surface area (TPSA) is 63.9 Å². The average Bonchev–Trinajstić information content (AvgIpc) is 3.13. The molecule has 3 rings (SSSR count). The van der Waals surface area contributed by atoms with Crippen LogP contribution >= 0.6 is 11.3 Å². The van der Waals surface area contributed by atoms with E-state index in [1.807, 2.05) is 44.4 Å². The van der Waals surface area contributed by atoms with Crippen molar-refractivity contribution in [2.24, 2.45) is 5.92 Å². The third kappa shape index (κ3) is 5.03. The number of likely N-dealkylation sites (tertiary alicyclic amines) is 1. The van der Waals surface area contributed by atoms with Gasteiger partial charge in [0.15, 0.2) is 5.13 Å². The van der Waals surface area contributed by atoms with E-state index in [9.17, 15) is 9.59 Å². The first-order valence-electron chi connectivity index (χ1n) is 10.2. The van der Waals surface area contributed by atoms with Crippen LogP contribution in [0.2, 0.25) is 0 Å². The summed E-state index contributed by atoms with van der Waals surface area (Å²) >= 11 is 1.51. The van der Waals surface area contributed by atoms with Crippen LogP contribution in [-0.2, 0) is 20.9 Å². The number of para-hydroxylation sites is 1. The van der Waals surface area contributed by atoms with Crippen LogP contribution in [0, 0.1) is 19.8 Å². The summed E-state index contributed by atoms with van der Waals surface area (Å²) in [5.41, 5.74) is 4.03. The first kappa shape index (κ1) is 21.5. The Kier molecular flexibility index (Phi) is 7.03. The Balaban J connectivity index is 1.69.